The molecule has 0 unspecified atom stereocenters. The summed E-state index contributed by atoms with van der Waals surface area (Å²) in [5, 5.41) is 10.9. The van der Waals surface area contributed by atoms with Crippen LogP contribution in [0, 0.1) is 11.6 Å². The minimum absolute atomic E-state index is 0.0708. The van der Waals surface area contributed by atoms with Crippen molar-refractivity contribution in [1.82, 2.24) is 5.32 Å². The summed E-state index contributed by atoms with van der Waals surface area (Å²) in [7, 11) is 0. The van der Waals surface area contributed by atoms with Crippen molar-refractivity contribution >= 4 is 11.9 Å². The number of carbonyl (C=O) groups excluding carboxylic acids is 1. The Kier molecular flexibility index (Phi) is 5.23. The van der Waals surface area contributed by atoms with Crippen LogP contribution in [0.15, 0.2) is 18.2 Å². The van der Waals surface area contributed by atoms with Crippen molar-refractivity contribution in [1.29, 1.82) is 0 Å². The zero-order valence-corrected chi connectivity index (χ0v) is 9.58. The van der Waals surface area contributed by atoms with Crippen molar-refractivity contribution < 1.29 is 23.5 Å². The van der Waals surface area contributed by atoms with Gasteiger partial charge in [0.15, 0.2) is 11.6 Å². The summed E-state index contributed by atoms with van der Waals surface area (Å²) in [5.41, 5.74) is 0.445. The first-order valence-corrected chi connectivity index (χ1v) is 5.41. The molecule has 1 aromatic rings. The highest BCUT2D eigenvalue weighted by Crippen LogP contribution is 2.08. The number of hydrogen-bond donors (Lipinski definition) is 2. The van der Waals surface area contributed by atoms with Gasteiger partial charge in [0.25, 0.3) is 0 Å². The predicted molar refractivity (Wildman–Crippen MR) is 59.7 cm³/mol. The predicted octanol–water partition coefficient (Wildman–Crippen LogP) is 1.84. The maximum Gasteiger partial charge on any atom is 0.303 e. The minimum Gasteiger partial charge on any atom is -0.481 e. The molecule has 2 N–H and O–H groups in total. The largest absolute Gasteiger partial charge is 0.481 e. The molecular formula is C12H13F2NO3. The fourth-order valence-corrected chi connectivity index (χ4v) is 1.34. The van der Waals surface area contributed by atoms with Crippen LogP contribution in [0.1, 0.15) is 24.8 Å². The molecule has 0 heterocycles. The van der Waals surface area contributed by atoms with Gasteiger partial charge in [-0.1, -0.05) is 6.07 Å². The molecule has 98 valence electrons. The minimum atomic E-state index is -0.965. The van der Waals surface area contributed by atoms with Crippen molar-refractivity contribution in [3.8, 4) is 0 Å². The van der Waals surface area contributed by atoms with Crippen LogP contribution in [0.3, 0.4) is 0 Å². The summed E-state index contributed by atoms with van der Waals surface area (Å²) in [5.74, 6) is -3.18. The quantitative estimate of drug-likeness (QED) is 0.817. The van der Waals surface area contributed by atoms with E-state index in [1.54, 1.807) is 0 Å². The Labute approximate surface area is 103 Å². The standard InChI is InChI=1S/C12H13F2NO3/c13-9-5-4-8(6-10(9)14)7-15-11(16)2-1-3-12(17)18/h4-6H,1-3,7H2,(H,15,16)(H,17,18). The molecule has 0 aliphatic carbocycles. The zero-order chi connectivity index (χ0) is 13.5. The van der Waals surface area contributed by atoms with Gasteiger partial charge in [-0.15, -0.1) is 0 Å². The van der Waals surface area contributed by atoms with Crippen LogP contribution < -0.4 is 5.32 Å². The second-order valence-corrected chi connectivity index (χ2v) is 3.77. The molecule has 0 saturated heterocycles. The summed E-state index contributed by atoms with van der Waals surface area (Å²) in [6.45, 7) is 0.0864. The van der Waals surface area contributed by atoms with Crippen LogP contribution in [-0.2, 0) is 16.1 Å². The Morgan fingerprint density at radius 1 is 1.17 bits per heavy atom. The normalized spacial score (nSPS) is 10.1. The summed E-state index contributed by atoms with van der Waals surface area (Å²) >= 11 is 0. The average Bonchev–Trinajstić information content (AvgIpc) is 2.30. The smallest absolute Gasteiger partial charge is 0.303 e. The Hall–Kier alpha value is -1.98. The first-order valence-electron chi connectivity index (χ1n) is 5.41. The molecule has 0 aliphatic heterocycles. The van der Waals surface area contributed by atoms with E-state index in [2.05, 4.69) is 5.32 Å². The number of hydrogen-bond acceptors (Lipinski definition) is 2. The van der Waals surface area contributed by atoms with Crippen LogP contribution in [-0.4, -0.2) is 17.0 Å². The molecule has 0 aliphatic rings. The molecule has 0 saturated carbocycles. The van der Waals surface area contributed by atoms with Gasteiger partial charge in [-0.05, 0) is 24.1 Å². The molecule has 1 amide bonds. The molecule has 0 radical (unpaired) electrons. The topological polar surface area (TPSA) is 66.4 Å². The second kappa shape index (κ2) is 6.68. The molecule has 4 nitrogen and oxygen atoms in total. The molecule has 0 bridgehead atoms. The van der Waals surface area contributed by atoms with Crippen molar-refractivity contribution in [3.05, 3.63) is 35.4 Å². The maximum atomic E-state index is 12.8. The highest BCUT2D eigenvalue weighted by molar-refractivity contribution is 5.76. The number of benzene rings is 1. The lowest BCUT2D eigenvalue weighted by Gasteiger charge is -2.05. The fourth-order valence-electron chi connectivity index (χ4n) is 1.34. The molecule has 1 aromatic carbocycles. The maximum absolute atomic E-state index is 12.8. The van der Waals surface area contributed by atoms with Crippen molar-refractivity contribution in [2.45, 2.75) is 25.8 Å². The average molecular weight is 257 g/mol. The number of aliphatic carboxylic acids is 1. The van der Waals surface area contributed by atoms with Crippen molar-refractivity contribution in [2.75, 3.05) is 0 Å². The van der Waals surface area contributed by atoms with Crippen LogP contribution >= 0.6 is 0 Å². The van der Waals surface area contributed by atoms with E-state index in [1.807, 2.05) is 0 Å². The van der Waals surface area contributed by atoms with Crippen LogP contribution in [0.2, 0.25) is 0 Å². The number of amides is 1. The van der Waals surface area contributed by atoms with Crippen LogP contribution in [0.4, 0.5) is 8.78 Å². The molecular weight excluding hydrogens is 244 g/mol. The molecule has 0 spiro atoms. The van der Waals surface area contributed by atoms with Gasteiger partial charge in [-0.3, -0.25) is 9.59 Å². The third kappa shape index (κ3) is 4.90. The second-order valence-electron chi connectivity index (χ2n) is 3.77. The van der Waals surface area contributed by atoms with Gasteiger partial charge < -0.3 is 10.4 Å². The summed E-state index contributed by atoms with van der Waals surface area (Å²) < 4.78 is 25.5. The molecule has 1 rings (SSSR count). The van der Waals surface area contributed by atoms with E-state index in [-0.39, 0.29) is 31.7 Å². The van der Waals surface area contributed by atoms with Gasteiger partial charge in [0.2, 0.25) is 5.91 Å². The van der Waals surface area contributed by atoms with E-state index in [4.69, 9.17) is 5.11 Å². The summed E-state index contributed by atoms with van der Waals surface area (Å²) in [4.78, 5) is 21.5. The monoisotopic (exact) mass is 257 g/mol. The zero-order valence-electron chi connectivity index (χ0n) is 9.58. The first kappa shape index (κ1) is 14.1. The van der Waals surface area contributed by atoms with E-state index < -0.39 is 17.6 Å². The molecule has 18 heavy (non-hydrogen) atoms. The molecule has 0 aromatic heterocycles. The fraction of sp³-hybridized carbons (Fsp3) is 0.333. The van der Waals surface area contributed by atoms with Gasteiger partial charge in [0, 0.05) is 19.4 Å². The van der Waals surface area contributed by atoms with Crippen LogP contribution in [0.25, 0.3) is 0 Å². The number of carboxylic acids is 1. The molecule has 0 atom stereocenters. The van der Waals surface area contributed by atoms with Crippen molar-refractivity contribution in [2.24, 2.45) is 0 Å². The molecule has 6 heteroatoms. The number of carboxylic acid groups (broad SMARTS) is 1. The van der Waals surface area contributed by atoms with E-state index in [0.717, 1.165) is 12.1 Å². The van der Waals surface area contributed by atoms with Gasteiger partial charge in [0.1, 0.15) is 0 Å². The lowest BCUT2D eigenvalue weighted by atomic mass is 10.2. The van der Waals surface area contributed by atoms with Gasteiger partial charge in [-0.25, -0.2) is 8.78 Å². The summed E-state index contributed by atoms with van der Waals surface area (Å²) in [6, 6.07) is 3.37. The van der Waals surface area contributed by atoms with Crippen molar-refractivity contribution in [3.63, 3.8) is 0 Å². The lowest BCUT2D eigenvalue weighted by molar-refractivity contribution is -0.137. The third-order valence-electron chi connectivity index (χ3n) is 2.27. The Morgan fingerprint density at radius 2 is 1.89 bits per heavy atom. The Morgan fingerprint density at radius 3 is 2.50 bits per heavy atom. The Balaban J connectivity index is 2.33. The number of carbonyl (C=O) groups is 2. The SMILES string of the molecule is O=C(O)CCCC(=O)NCc1ccc(F)c(F)c1. The van der Waals surface area contributed by atoms with E-state index in [9.17, 15) is 18.4 Å². The van der Waals surface area contributed by atoms with Gasteiger partial charge in [0.05, 0.1) is 0 Å². The van der Waals surface area contributed by atoms with Gasteiger partial charge >= 0.3 is 5.97 Å². The number of nitrogens with one attached hydrogen (secondary N) is 1. The number of rotatable bonds is 6. The highest BCUT2D eigenvalue weighted by Gasteiger charge is 2.05. The molecule has 0 fully saturated rings. The lowest BCUT2D eigenvalue weighted by Crippen LogP contribution is -2.22. The number of halogens is 2. The van der Waals surface area contributed by atoms with Gasteiger partial charge in [-0.2, -0.15) is 0 Å². The Bertz CT molecular complexity index is 449. The van der Waals surface area contributed by atoms with E-state index in [0.29, 0.717) is 5.56 Å². The van der Waals surface area contributed by atoms with E-state index >= 15 is 0 Å². The highest BCUT2D eigenvalue weighted by atomic mass is 19.2. The first-order chi connectivity index (χ1) is 8.49. The van der Waals surface area contributed by atoms with E-state index in [1.165, 1.54) is 6.07 Å². The third-order valence-corrected chi connectivity index (χ3v) is 2.27. The summed E-state index contributed by atoms with van der Waals surface area (Å²) in [6.07, 6.45) is 0.271. The van der Waals surface area contributed by atoms with Crippen LogP contribution in [0.5, 0.6) is 0 Å².